The van der Waals surface area contributed by atoms with Gasteiger partial charge in [0.15, 0.2) is 5.96 Å². The molecule has 2 saturated heterocycles. The number of hydrogen-bond donors (Lipinski definition) is 3. The maximum Gasteiger partial charge on any atom is 0.191 e. The average Bonchev–Trinajstić information content (AvgIpc) is 3.33. The number of benzene rings is 1. The van der Waals surface area contributed by atoms with Crippen LogP contribution in [0.1, 0.15) is 50.6 Å². The normalized spacial score (nSPS) is 19.4. The van der Waals surface area contributed by atoms with Crippen LogP contribution in [0, 0.1) is 0 Å². The second-order valence-electron chi connectivity index (χ2n) is 8.60. The van der Waals surface area contributed by atoms with Crippen LogP contribution in [0.3, 0.4) is 0 Å². The number of hydrogen-bond acceptors (Lipinski definition) is 5. The second-order valence-corrected chi connectivity index (χ2v) is 8.60. The molecule has 3 rings (SSSR count). The van der Waals surface area contributed by atoms with Crippen molar-refractivity contribution in [2.75, 3.05) is 59.5 Å². The number of ether oxygens (including phenoxy) is 1. The molecule has 32 heavy (non-hydrogen) atoms. The van der Waals surface area contributed by atoms with Crippen LogP contribution in [0.25, 0.3) is 0 Å². The predicted octanol–water partition coefficient (Wildman–Crippen LogP) is 2.85. The molecule has 0 saturated carbocycles. The molecular weight excluding hydrogens is 517 g/mol. The van der Waals surface area contributed by atoms with E-state index in [9.17, 15) is 5.11 Å². The first-order chi connectivity index (χ1) is 15.2. The summed E-state index contributed by atoms with van der Waals surface area (Å²) >= 11 is 0. The highest BCUT2D eigenvalue weighted by molar-refractivity contribution is 14.0. The van der Waals surface area contributed by atoms with Gasteiger partial charge in [-0.05, 0) is 76.4 Å². The summed E-state index contributed by atoms with van der Waals surface area (Å²) in [5, 5.41) is 16.6. The molecule has 0 radical (unpaired) electrons. The van der Waals surface area contributed by atoms with Gasteiger partial charge in [-0.15, -0.1) is 24.0 Å². The minimum Gasteiger partial charge on any atom is -0.497 e. The molecule has 182 valence electrons. The van der Waals surface area contributed by atoms with Crippen LogP contribution in [0.2, 0.25) is 0 Å². The number of likely N-dealkylation sites (tertiary alicyclic amines) is 2. The minimum atomic E-state index is -0.101. The summed E-state index contributed by atoms with van der Waals surface area (Å²) in [6.07, 6.45) is 5.32. The Bertz CT molecular complexity index is 659. The number of aliphatic imine (C=N–C) groups is 1. The van der Waals surface area contributed by atoms with Crippen molar-refractivity contribution in [1.82, 2.24) is 20.4 Å². The van der Waals surface area contributed by atoms with Crippen LogP contribution in [0.15, 0.2) is 29.3 Å². The van der Waals surface area contributed by atoms with Crippen LogP contribution in [0.5, 0.6) is 5.75 Å². The van der Waals surface area contributed by atoms with Crippen molar-refractivity contribution in [3.05, 3.63) is 29.8 Å². The molecule has 2 aliphatic rings. The number of rotatable bonds is 10. The van der Waals surface area contributed by atoms with Gasteiger partial charge in [0.2, 0.25) is 0 Å². The first-order valence-corrected chi connectivity index (χ1v) is 12.0. The van der Waals surface area contributed by atoms with Crippen molar-refractivity contribution < 1.29 is 9.84 Å². The molecule has 0 bridgehead atoms. The van der Waals surface area contributed by atoms with Gasteiger partial charge in [-0.2, -0.15) is 0 Å². The van der Waals surface area contributed by atoms with Crippen molar-refractivity contribution >= 4 is 29.9 Å². The van der Waals surface area contributed by atoms with Gasteiger partial charge in [-0.25, -0.2) is 0 Å². The number of nitrogens with zero attached hydrogens (tertiary/aromatic N) is 3. The van der Waals surface area contributed by atoms with E-state index in [1.54, 1.807) is 7.11 Å². The van der Waals surface area contributed by atoms with E-state index in [4.69, 9.17) is 9.73 Å². The Balaban J connectivity index is 0.00000363. The SMILES string of the molecule is CCNC(=NCC(c1ccc(OC)cc1)N1CCCC1)NCCCN1CCC(O)CC1.I. The molecule has 1 aromatic rings. The molecule has 0 spiro atoms. The lowest BCUT2D eigenvalue weighted by Gasteiger charge is -2.29. The topological polar surface area (TPSA) is 72.4 Å². The first kappa shape index (κ1) is 27.1. The fourth-order valence-electron chi connectivity index (χ4n) is 4.48. The molecule has 0 amide bonds. The van der Waals surface area contributed by atoms with Gasteiger partial charge in [-0.3, -0.25) is 9.89 Å². The molecule has 3 N–H and O–H groups in total. The Labute approximate surface area is 211 Å². The number of guanidine groups is 1. The van der Waals surface area contributed by atoms with E-state index >= 15 is 0 Å². The predicted molar refractivity (Wildman–Crippen MR) is 142 cm³/mol. The zero-order valence-corrected chi connectivity index (χ0v) is 22.1. The highest BCUT2D eigenvalue weighted by Gasteiger charge is 2.23. The molecule has 1 unspecified atom stereocenters. The van der Waals surface area contributed by atoms with Crippen LogP contribution in [-0.4, -0.2) is 86.4 Å². The molecule has 8 heteroatoms. The monoisotopic (exact) mass is 559 g/mol. The molecule has 7 nitrogen and oxygen atoms in total. The molecule has 2 fully saturated rings. The molecule has 0 aliphatic carbocycles. The summed E-state index contributed by atoms with van der Waals surface area (Å²) in [5.41, 5.74) is 1.30. The Morgan fingerprint density at radius 2 is 1.81 bits per heavy atom. The zero-order valence-electron chi connectivity index (χ0n) is 19.8. The van der Waals surface area contributed by atoms with E-state index in [0.29, 0.717) is 6.04 Å². The van der Waals surface area contributed by atoms with Gasteiger partial charge >= 0.3 is 0 Å². The van der Waals surface area contributed by atoms with E-state index in [1.807, 2.05) is 12.1 Å². The summed E-state index contributed by atoms with van der Waals surface area (Å²) in [5.74, 6) is 1.79. The van der Waals surface area contributed by atoms with Crippen molar-refractivity contribution in [2.45, 2.75) is 51.2 Å². The van der Waals surface area contributed by atoms with Gasteiger partial charge in [0.05, 0.1) is 25.8 Å². The number of aliphatic hydroxyl groups excluding tert-OH is 1. The Hall–Kier alpha value is -1.10. The Kier molecular flexibility index (Phi) is 12.7. The summed E-state index contributed by atoms with van der Waals surface area (Å²) in [6, 6.07) is 8.74. The lowest BCUT2D eigenvalue weighted by atomic mass is 10.1. The van der Waals surface area contributed by atoms with Crippen molar-refractivity contribution in [1.29, 1.82) is 0 Å². The van der Waals surface area contributed by atoms with Crippen molar-refractivity contribution in [3.63, 3.8) is 0 Å². The van der Waals surface area contributed by atoms with E-state index in [-0.39, 0.29) is 30.1 Å². The van der Waals surface area contributed by atoms with Gasteiger partial charge in [-0.1, -0.05) is 12.1 Å². The van der Waals surface area contributed by atoms with E-state index in [2.05, 4.69) is 39.5 Å². The number of halogens is 1. The number of methoxy groups -OCH3 is 1. The summed E-state index contributed by atoms with van der Waals surface area (Å²) in [7, 11) is 1.71. The third kappa shape index (κ3) is 8.68. The zero-order chi connectivity index (χ0) is 21.9. The first-order valence-electron chi connectivity index (χ1n) is 12.0. The number of nitrogens with one attached hydrogen (secondary N) is 2. The largest absolute Gasteiger partial charge is 0.497 e. The fraction of sp³-hybridized carbons (Fsp3) is 0.708. The molecule has 0 aromatic heterocycles. The fourth-order valence-corrected chi connectivity index (χ4v) is 4.48. The van der Waals surface area contributed by atoms with Crippen molar-refractivity contribution in [2.24, 2.45) is 4.99 Å². The molecule has 2 aliphatic heterocycles. The highest BCUT2D eigenvalue weighted by atomic mass is 127. The molecule has 2 heterocycles. The third-order valence-corrected chi connectivity index (χ3v) is 6.35. The summed E-state index contributed by atoms with van der Waals surface area (Å²) < 4.78 is 5.33. The lowest BCUT2D eigenvalue weighted by molar-refractivity contribution is 0.0823. The Morgan fingerprint density at radius 3 is 2.44 bits per heavy atom. The van der Waals surface area contributed by atoms with Gasteiger partial charge in [0.25, 0.3) is 0 Å². The molecule has 1 atom stereocenters. The van der Waals surface area contributed by atoms with Crippen LogP contribution in [0.4, 0.5) is 0 Å². The average molecular weight is 560 g/mol. The quantitative estimate of drug-likeness (QED) is 0.177. The van der Waals surface area contributed by atoms with Gasteiger partial charge < -0.3 is 25.4 Å². The number of piperidine rings is 1. The third-order valence-electron chi connectivity index (χ3n) is 6.35. The van der Waals surface area contributed by atoms with Crippen LogP contribution < -0.4 is 15.4 Å². The van der Waals surface area contributed by atoms with E-state index < -0.39 is 0 Å². The van der Waals surface area contributed by atoms with Gasteiger partial charge in [0, 0.05) is 26.2 Å². The summed E-state index contributed by atoms with van der Waals surface area (Å²) in [6.45, 7) is 9.98. The van der Waals surface area contributed by atoms with Crippen molar-refractivity contribution in [3.8, 4) is 5.75 Å². The molecule has 1 aromatic carbocycles. The summed E-state index contributed by atoms with van der Waals surface area (Å²) in [4.78, 5) is 9.95. The number of aliphatic hydroxyl groups is 1. The molecular formula is C24H42IN5O2. The van der Waals surface area contributed by atoms with Gasteiger partial charge in [0.1, 0.15) is 5.75 Å². The smallest absolute Gasteiger partial charge is 0.191 e. The Morgan fingerprint density at radius 1 is 1.12 bits per heavy atom. The second kappa shape index (κ2) is 14.9. The lowest BCUT2D eigenvalue weighted by Crippen LogP contribution is -2.41. The maximum atomic E-state index is 9.65. The van der Waals surface area contributed by atoms with E-state index in [1.165, 1.54) is 18.4 Å². The van der Waals surface area contributed by atoms with Crippen LogP contribution in [-0.2, 0) is 0 Å². The van der Waals surface area contributed by atoms with Crippen LogP contribution >= 0.6 is 24.0 Å². The minimum absolute atomic E-state index is 0. The maximum absolute atomic E-state index is 9.65. The van der Waals surface area contributed by atoms with E-state index in [0.717, 1.165) is 83.3 Å². The highest BCUT2D eigenvalue weighted by Crippen LogP contribution is 2.27. The standard InChI is InChI=1S/C24H41N5O2.HI/c1-3-25-24(26-13-6-14-28-17-11-21(30)12-18-28)27-19-23(29-15-4-5-16-29)20-7-9-22(31-2)10-8-20;/h7-10,21,23,30H,3-6,11-19H2,1-2H3,(H2,25,26,27);1H.